The van der Waals surface area contributed by atoms with Gasteiger partial charge < -0.3 is 5.32 Å². The Kier molecular flexibility index (Phi) is 4.32. The normalized spacial score (nSPS) is 18.0. The quantitative estimate of drug-likeness (QED) is 0.926. The average Bonchev–Trinajstić information content (AvgIpc) is 2.91. The molecule has 110 valence electrons. The predicted octanol–water partition coefficient (Wildman–Crippen LogP) is 3.13. The Hall–Kier alpha value is -1.56. The average molecular weight is 286 g/mol. The second kappa shape index (κ2) is 5.83. The minimum absolute atomic E-state index is 0.177. The first-order valence-corrected chi connectivity index (χ1v) is 6.60. The molecule has 1 aliphatic rings. The summed E-state index contributed by atoms with van der Waals surface area (Å²) in [5, 5.41) is 2.55. The van der Waals surface area contributed by atoms with Crippen LogP contribution in [-0.2, 0) is 11.0 Å². The fourth-order valence-corrected chi connectivity index (χ4v) is 2.31. The highest BCUT2D eigenvalue weighted by Gasteiger charge is 2.31. The van der Waals surface area contributed by atoms with Crippen molar-refractivity contribution in [1.82, 2.24) is 4.90 Å². The van der Waals surface area contributed by atoms with E-state index in [1.54, 1.807) is 6.92 Å². The number of nitrogens with one attached hydrogen (secondary N) is 1. The van der Waals surface area contributed by atoms with E-state index in [-0.39, 0.29) is 17.6 Å². The van der Waals surface area contributed by atoms with E-state index in [2.05, 4.69) is 5.32 Å². The Morgan fingerprint density at radius 2 is 1.95 bits per heavy atom. The molecule has 1 saturated heterocycles. The van der Waals surface area contributed by atoms with Gasteiger partial charge in [-0.1, -0.05) is 6.07 Å². The molecule has 2 rings (SSSR count). The molecule has 6 heteroatoms. The number of nitrogens with zero attached hydrogens (tertiary/aromatic N) is 1. The Bertz CT molecular complexity index is 482. The molecule has 0 spiro atoms. The van der Waals surface area contributed by atoms with Gasteiger partial charge in [0.05, 0.1) is 11.6 Å². The van der Waals surface area contributed by atoms with Crippen LogP contribution in [0.1, 0.15) is 25.3 Å². The van der Waals surface area contributed by atoms with Crippen LogP contribution in [-0.4, -0.2) is 29.9 Å². The number of rotatable bonds is 3. The Morgan fingerprint density at radius 3 is 2.55 bits per heavy atom. The van der Waals surface area contributed by atoms with E-state index >= 15 is 0 Å². The van der Waals surface area contributed by atoms with Crippen LogP contribution < -0.4 is 5.32 Å². The number of benzene rings is 1. The van der Waals surface area contributed by atoms with Gasteiger partial charge in [0.2, 0.25) is 5.91 Å². The number of hydrogen-bond donors (Lipinski definition) is 1. The number of carbonyl (C=O) groups excluding carboxylic acids is 1. The smallest absolute Gasteiger partial charge is 0.325 e. The topological polar surface area (TPSA) is 32.3 Å². The second-order valence-electron chi connectivity index (χ2n) is 4.99. The summed E-state index contributed by atoms with van der Waals surface area (Å²) < 4.78 is 37.8. The van der Waals surface area contributed by atoms with E-state index in [1.807, 2.05) is 4.90 Å². The number of halogens is 3. The van der Waals surface area contributed by atoms with Crippen LogP contribution in [0.2, 0.25) is 0 Å². The molecule has 20 heavy (non-hydrogen) atoms. The number of anilines is 1. The van der Waals surface area contributed by atoms with Crippen molar-refractivity contribution in [3.8, 4) is 0 Å². The first-order valence-electron chi connectivity index (χ1n) is 6.60. The van der Waals surface area contributed by atoms with Crippen LogP contribution in [0.25, 0.3) is 0 Å². The highest BCUT2D eigenvalue weighted by atomic mass is 19.4. The van der Waals surface area contributed by atoms with E-state index in [4.69, 9.17) is 0 Å². The van der Waals surface area contributed by atoms with Gasteiger partial charge in [0.1, 0.15) is 0 Å². The molecule has 1 amide bonds. The molecule has 0 aromatic heterocycles. The van der Waals surface area contributed by atoms with Gasteiger partial charge in [-0.15, -0.1) is 0 Å². The van der Waals surface area contributed by atoms with Gasteiger partial charge in [-0.2, -0.15) is 13.2 Å². The van der Waals surface area contributed by atoms with E-state index in [1.165, 1.54) is 12.1 Å². The molecule has 1 atom stereocenters. The molecule has 1 aromatic carbocycles. The Balaban J connectivity index is 2.04. The summed E-state index contributed by atoms with van der Waals surface area (Å²) in [6, 6.07) is 4.36. The maximum atomic E-state index is 12.6. The summed E-state index contributed by atoms with van der Waals surface area (Å²) in [6.07, 6.45) is -2.29. The molecule has 0 aliphatic carbocycles. The van der Waals surface area contributed by atoms with E-state index in [0.29, 0.717) is 0 Å². The summed E-state index contributed by atoms with van der Waals surface area (Å²) in [5.41, 5.74) is -0.583. The standard InChI is InChI=1S/C14H17F3N2O/c1-10(19-7-2-3-8-19)13(20)18-12-6-4-5-11(9-12)14(15,16)17/h4-6,9-10H,2-3,7-8H2,1H3,(H,18,20). The van der Waals surface area contributed by atoms with Crippen LogP contribution in [0.3, 0.4) is 0 Å². The number of hydrogen-bond acceptors (Lipinski definition) is 2. The largest absolute Gasteiger partial charge is 0.416 e. The van der Waals surface area contributed by atoms with Gasteiger partial charge in [-0.05, 0) is 51.1 Å². The second-order valence-corrected chi connectivity index (χ2v) is 4.99. The van der Waals surface area contributed by atoms with Gasteiger partial charge >= 0.3 is 6.18 Å². The van der Waals surface area contributed by atoms with Crippen molar-refractivity contribution in [3.63, 3.8) is 0 Å². The molecule has 0 bridgehead atoms. The summed E-state index contributed by atoms with van der Waals surface area (Å²) in [5.74, 6) is -0.272. The van der Waals surface area contributed by atoms with Crippen LogP contribution >= 0.6 is 0 Å². The molecular formula is C14H17F3N2O. The molecule has 3 nitrogen and oxygen atoms in total. The van der Waals surface area contributed by atoms with Gasteiger partial charge in [0.15, 0.2) is 0 Å². The minimum Gasteiger partial charge on any atom is -0.325 e. The monoisotopic (exact) mass is 286 g/mol. The van der Waals surface area contributed by atoms with Crippen molar-refractivity contribution in [2.45, 2.75) is 32.0 Å². The molecule has 1 aromatic rings. The third kappa shape index (κ3) is 3.50. The summed E-state index contributed by atoms with van der Waals surface area (Å²) in [7, 11) is 0. The van der Waals surface area contributed by atoms with Crippen LogP contribution in [0.4, 0.5) is 18.9 Å². The van der Waals surface area contributed by atoms with Crippen LogP contribution in [0.15, 0.2) is 24.3 Å². The Labute approximate surface area is 115 Å². The minimum atomic E-state index is -4.40. The molecule has 1 fully saturated rings. The molecule has 0 saturated carbocycles. The maximum absolute atomic E-state index is 12.6. The van der Waals surface area contributed by atoms with Gasteiger partial charge in [-0.3, -0.25) is 9.69 Å². The molecular weight excluding hydrogens is 269 g/mol. The maximum Gasteiger partial charge on any atom is 0.416 e. The lowest BCUT2D eigenvalue weighted by atomic mass is 10.2. The lowest BCUT2D eigenvalue weighted by Gasteiger charge is -2.22. The van der Waals surface area contributed by atoms with Crippen molar-refractivity contribution in [3.05, 3.63) is 29.8 Å². The number of amides is 1. The third-order valence-corrected chi connectivity index (χ3v) is 3.53. The molecule has 1 heterocycles. The molecule has 0 radical (unpaired) electrons. The van der Waals surface area contributed by atoms with Gasteiger partial charge in [-0.25, -0.2) is 0 Å². The van der Waals surface area contributed by atoms with Crippen molar-refractivity contribution in [1.29, 1.82) is 0 Å². The fourth-order valence-electron chi connectivity index (χ4n) is 2.31. The van der Waals surface area contributed by atoms with E-state index in [0.717, 1.165) is 38.1 Å². The van der Waals surface area contributed by atoms with Crippen molar-refractivity contribution in [2.24, 2.45) is 0 Å². The zero-order chi connectivity index (χ0) is 14.8. The van der Waals surface area contributed by atoms with Crippen LogP contribution in [0, 0.1) is 0 Å². The van der Waals surface area contributed by atoms with Crippen LogP contribution in [0.5, 0.6) is 0 Å². The molecule has 1 N–H and O–H groups in total. The molecule has 1 unspecified atom stereocenters. The predicted molar refractivity (Wildman–Crippen MR) is 70.3 cm³/mol. The van der Waals surface area contributed by atoms with Crippen molar-refractivity contribution >= 4 is 11.6 Å². The summed E-state index contributed by atoms with van der Waals surface area (Å²) in [4.78, 5) is 14.1. The SMILES string of the molecule is CC(C(=O)Nc1cccc(C(F)(F)F)c1)N1CCCC1. The first kappa shape index (κ1) is 14.8. The third-order valence-electron chi connectivity index (χ3n) is 3.53. The number of likely N-dealkylation sites (tertiary alicyclic amines) is 1. The van der Waals surface area contributed by atoms with E-state index in [9.17, 15) is 18.0 Å². The lowest BCUT2D eigenvalue weighted by Crippen LogP contribution is -2.40. The first-order chi connectivity index (χ1) is 9.38. The highest BCUT2D eigenvalue weighted by molar-refractivity contribution is 5.94. The number of alkyl halides is 3. The zero-order valence-corrected chi connectivity index (χ0v) is 11.2. The Morgan fingerprint density at radius 1 is 1.30 bits per heavy atom. The summed E-state index contributed by atoms with van der Waals surface area (Å²) in [6.45, 7) is 3.49. The fraction of sp³-hybridized carbons (Fsp3) is 0.500. The summed E-state index contributed by atoms with van der Waals surface area (Å²) >= 11 is 0. The molecule has 1 aliphatic heterocycles. The van der Waals surface area contributed by atoms with Gasteiger partial charge in [0, 0.05) is 5.69 Å². The number of carbonyl (C=O) groups is 1. The highest BCUT2D eigenvalue weighted by Crippen LogP contribution is 2.30. The lowest BCUT2D eigenvalue weighted by molar-refractivity contribution is -0.137. The van der Waals surface area contributed by atoms with Crippen molar-refractivity contribution < 1.29 is 18.0 Å². The van der Waals surface area contributed by atoms with E-state index < -0.39 is 11.7 Å². The van der Waals surface area contributed by atoms with Gasteiger partial charge in [0.25, 0.3) is 0 Å². The zero-order valence-electron chi connectivity index (χ0n) is 11.2. The van der Waals surface area contributed by atoms with Crippen molar-refractivity contribution in [2.75, 3.05) is 18.4 Å².